The second-order valence-electron chi connectivity index (χ2n) is 3.92. The average Bonchev–Trinajstić information content (AvgIpc) is 2.13. The smallest absolute Gasteiger partial charge is 0.0656 e. The molecule has 0 saturated carbocycles. The van der Waals surface area contributed by atoms with Crippen LogP contribution in [0.4, 0.5) is 11.4 Å². The molecule has 3 nitrogen and oxygen atoms in total. The number of hydrogen-bond donors (Lipinski definition) is 2. The summed E-state index contributed by atoms with van der Waals surface area (Å²) in [4.78, 5) is 2.13. The van der Waals surface area contributed by atoms with Gasteiger partial charge in [0, 0.05) is 18.8 Å². The van der Waals surface area contributed by atoms with Crippen molar-refractivity contribution in [2.75, 3.05) is 38.2 Å². The van der Waals surface area contributed by atoms with Crippen LogP contribution in [-0.2, 0) is 0 Å². The van der Waals surface area contributed by atoms with E-state index in [-0.39, 0.29) is 0 Å². The molecule has 1 aromatic rings. The Labute approximate surface area is 96.2 Å². The highest BCUT2D eigenvalue weighted by Crippen LogP contribution is 2.26. The number of benzene rings is 1. The molecule has 0 unspecified atom stereocenters. The molecule has 15 heavy (non-hydrogen) atoms. The van der Waals surface area contributed by atoms with Crippen LogP contribution in [0.2, 0.25) is 5.02 Å². The lowest BCUT2D eigenvalue weighted by Crippen LogP contribution is -2.21. The van der Waals surface area contributed by atoms with Crippen LogP contribution in [0.15, 0.2) is 12.1 Å². The van der Waals surface area contributed by atoms with Gasteiger partial charge >= 0.3 is 0 Å². The summed E-state index contributed by atoms with van der Waals surface area (Å²) in [6.07, 6.45) is 0. The second-order valence-corrected chi connectivity index (χ2v) is 4.33. The molecule has 0 aliphatic heterocycles. The molecule has 1 aromatic carbocycles. The zero-order valence-corrected chi connectivity index (χ0v) is 10.2. The third kappa shape index (κ3) is 3.61. The quantitative estimate of drug-likeness (QED) is 0.775. The molecule has 0 aliphatic carbocycles. The largest absolute Gasteiger partial charge is 0.398 e. The van der Waals surface area contributed by atoms with Crippen LogP contribution in [0.25, 0.3) is 0 Å². The third-order valence-electron chi connectivity index (χ3n) is 2.22. The number of nitrogen functional groups attached to an aromatic ring is 1. The van der Waals surface area contributed by atoms with E-state index in [1.165, 1.54) is 0 Å². The lowest BCUT2D eigenvalue weighted by Gasteiger charge is -2.14. The van der Waals surface area contributed by atoms with Gasteiger partial charge in [-0.15, -0.1) is 0 Å². The molecule has 0 bridgehead atoms. The molecule has 0 fully saturated rings. The van der Waals surface area contributed by atoms with Crippen LogP contribution in [0.1, 0.15) is 5.56 Å². The minimum Gasteiger partial charge on any atom is -0.398 e. The van der Waals surface area contributed by atoms with Crippen LogP contribution in [0, 0.1) is 6.92 Å². The summed E-state index contributed by atoms with van der Waals surface area (Å²) in [5.41, 5.74) is 8.50. The number of halogens is 1. The topological polar surface area (TPSA) is 41.3 Å². The summed E-state index contributed by atoms with van der Waals surface area (Å²) in [5.74, 6) is 0. The Kier molecular flexibility index (Phi) is 4.24. The summed E-state index contributed by atoms with van der Waals surface area (Å²) in [6, 6.07) is 3.77. The molecule has 0 aromatic heterocycles. The van der Waals surface area contributed by atoms with Crippen LogP contribution >= 0.6 is 11.6 Å². The summed E-state index contributed by atoms with van der Waals surface area (Å²) < 4.78 is 0. The summed E-state index contributed by atoms with van der Waals surface area (Å²) >= 11 is 5.95. The Morgan fingerprint density at radius 3 is 2.67 bits per heavy atom. The van der Waals surface area contributed by atoms with E-state index in [0.717, 1.165) is 24.3 Å². The highest BCUT2D eigenvalue weighted by atomic mass is 35.5. The van der Waals surface area contributed by atoms with Crippen molar-refractivity contribution in [1.82, 2.24) is 4.90 Å². The van der Waals surface area contributed by atoms with E-state index >= 15 is 0 Å². The fourth-order valence-corrected chi connectivity index (χ4v) is 1.47. The molecule has 0 aliphatic rings. The first-order valence-electron chi connectivity index (χ1n) is 4.95. The van der Waals surface area contributed by atoms with Crippen molar-refractivity contribution in [3.63, 3.8) is 0 Å². The third-order valence-corrected chi connectivity index (χ3v) is 2.55. The van der Waals surface area contributed by atoms with E-state index in [1.807, 2.05) is 33.2 Å². The summed E-state index contributed by atoms with van der Waals surface area (Å²) in [7, 11) is 4.09. The van der Waals surface area contributed by atoms with Crippen molar-refractivity contribution in [3.05, 3.63) is 22.7 Å². The van der Waals surface area contributed by atoms with E-state index in [1.54, 1.807) is 0 Å². The van der Waals surface area contributed by atoms with Gasteiger partial charge in [0.25, 0.3) is 0 Å². The first kappa shape index (κ1) is 12.1. The first-order valence-corrected chi connectivity index (χ1v) is 5.32. The maximum Gasteiger partial charge on any atom is 0.0656 e. The molecule has 0 spiro atoms. The second kappa shape index (κ2) is 5.24. The number of rotatable bonds is 4. The molecule has 84 valence electrons. The van der Waals surface area contributed by atoms with Crippen molar-refractivity contribution in [2.24, 2.45) is 0 Å². The van der Waals surface area contributed by atoms with Crippen molar-refractivity contribution in [2.45, 2.75) is 6.92 Å². The highest BCUT2D eigenvalue weighted by Gasteiger charge is 2.02. The Bertz CT molecular complexity index is 337. The molecular weight excluding hydrogens is 210 g/mol. The number of nitrogens with zero attached hydrogens (tertiary/aromatic N) is 1. The van der Waals surface area contributed by atoms with Gasteiger partial charge in [0.1, 0.15) is 0 Å². The molecule has 4 heteroatoms. The van der Waals surface area contributed by atoms with Crippen molar-refractivity contribution in [3.8, 4) is 0 Å². The lowest BCUT2D eigenvalue weighted by molar-refractivity contribution is 0.425. The molecule has 0 saturated heterocycles. The predicted molar refractivity (Wildman–Crippen MR) is 67.6 cm³/mol. The SMILES string of the molecule is Cc1cc(N)c(Cl)cc1NCCN(C)C. The fourth-order valence-electron chi connectivity index (χ4n) is 1.31. The minimum absolute atomic E-state index is 0.605. The van der Waals surface area contributed by atoms with Crippen molar-refractivity contribution >= 4 is 23.0 Å². The summed E-state index contributed by atoms with van der Waals surface area (Å²) in [6.45, 7) is 3.90. The van der Waals surface area contributed by atoms with Gasteiger partial charge in [-0.1, -0.05) is 11.6 Å². The maximum absolute atomic E-state index is 5.95. The Hall–Kier alpha value is -0.930. The van der Waals surface area contributed by atoms with Crippen molar-refractivity contribution < 1.29 is 0 Å². The van der Waals surface area contributed by atoms with Gasteiger partial charge in [-0.3, -0.25) is 0 Å². The number of aryl methyl sites for hydroxylation is 1. The number of likely N-dealkylation sites (N-methyl/N-ethyl adjacent to an activating group) is 1. The van der Waals surface area contributed by atoms with E-state index < -0.39 is 0 Å². The van der Waals surface area contributed by atoms with E-state index in [0.29, 0.717) is 10.7 Å². The van der Waals surface area contributed by atoms with Crippen LogP contribution in [0.5, 0.6) is 0 Å². The Morgan fingerprint density at radius 1 is 1.40 bits per heavy atom. The fraction of sp³-hybridized carbons (Fsp3) is 0.455. The molecule has 0 heterocycles. The minimum atomic E-state index is 0.605. The number of nitrogens with one attached hydrogen (secondary N) is 1. The van der Waals surface area contributed by atoms with E-state index in [4.69, 9.17) is 17.3 Å². The zero-order chi connectivity index (χ0) is 11.4. The van der Waals surface area contributed by atoms with E-state index in [2.05, 4.69) is 10.2 Å². The predicted octanol–water partition coefficient (Wildman–Crippen LogP) is 2.20. The highest BCUT2D eigenvalue weighted by molar-refractivity contribution is 6.33. The number of hydrogen-bond acceptors (Lipinski definition) is 3. The normalized spacial score (nSPS) is 10.7. The standard InChI is InChI=1S/C11H18ClN3/c1-8-6-10(13)9(12)7-11(8)14-4-5-15(2)3/h6-7,14H,4-5,13H2,1-3H3. The monoisotopic (exact) mass is 227 g/mol. The molecule has 1 rings (SSSR count). The van der Waals surface area contributed by atoms with Gasteiger partial charge in [0.05, 0.1) is 10.7 Å². The molecule has 3 N–H and O–H groups in total. The molecular formula is C11H18ClN3. The molecule has 0 amide bonds. The van der Waals surface area contributed by atoms with Crippen LogP contribution < -0.4 is 11.1 Å². The van der Waals surface area contributed by atoms with Crippen molar-refractivity contribution in [1.29, 1.82) is 0 Å². The van der Waals surface area contributed by atoms with E-state index in [9.17, 15) is 0 Å². The maximum atomic E-state index is 5.95. The zero-order valence-electron chi connectivity index (χ0n) is 9.47. The van der Waals surface area contributed by atoms with Gasteiger partial charge in [-0.25, -0.2) is 0 Å². The van der Waals surface area contributed by atoms with Gasteiger partial charge in [0.2, 0.25) is 0 Å². The molecule has 0 atom stereocenters. The Morgan fingerprint density at radius 2 is 2.07 bits per heavy atom. The van der Waals surface area contributed by atoms with Gasteiger partial charge in [-0.05, 0) is 38.7 Å². The van der Waals surface area contributed by atoms with Gasteiger partial charge < -0.3 is 16.0 Å². The van der Waals surface area contributed by atoms with Crippen LogP contribution in [-0.4, -0.2) is 32.1 Å². The number of anilines is 2. The average molecular weight is 228 g/mol. The van der Waals surface area contributed by atoms with Gasteiger partial charge in [-0.2, -0.15) is 0 Å². The van der Waals surface area contributed by atoms with Crippen LogP contribution in [0.3, 0.4) is 0 Å². The first-order chi connectivity index (χ1) is 7.00. The Balaban J connectivity index is 2.65. The van der Waals surface area contributed by atoms with Gasteiger partial charge in [0.15, 0.2) is 0 Å². The molecule has 0 radical (unpaired) electrons. The lowest BCUT2D eigenvalue weighted by atomic mass is 10.2. The summed E-state index contributed by atoms with van der Waals surface area (Å²) in [5, 5.41) is 3.94. The number of nitrogens with two attached hydrogens (primary N) is 1.